The van der Waals surface area contributed by atoms with Crippen LogP contribution in [-0.2, 0) is 31.3 Å². The van der Waals surface area contributed by atoms with E-state index in [0.29, 0.717) is 94.0 Å². The van der Waals surface area contributed by atoms with Gasteiger partial charge in [-0.3, -0.25) is 4.79 Å². The van der Waals surface area contributed by atoms with E-state index >= 15 is 0 Å². The van der Waals surface area contributed by atoms with Crippen molar-refractivity contribution in [3.63, 3.8) is 0 Å². The highest BCUT2D eigenvalue weighted by molar-refractivity contribution is 6.31. The van der Waals surface area contributed by atoms with Crippen LogP contribution in [0.2, 0.25) is 5.02 Å². The van der Waals surface area contributed by atoms with Crippen molar-refractivity contribution in [3.05, 3.63) is 116 Å². The van der Waals surface area contributed by atoms with Gasteiger partial charge in [0.1, 0.15) is 11.9 Å². The van der Waals surface area contributed by atoms with Crippen LogP contribution in [0.1, 0.15) is 80.8 Å². The number of nitrogens with one attached hydrogen (secondary N) is 2. The lowest BCUT2D eigenvalue weighted by atomic mass is 9.93. The number of oxime groups is 1. The minimum Gasteiger partial charge on any atom is -0.493 e. The third-order valence-electron chi connectivity index (χ3n) is 8.94. The lowest BCUT2D eigenvalue weighted by molar-refractivity contribution is 0.0853. The summed E-state index contributed by atoms with van der Waals surface area (Å²) in [5.74, 6) is 1.47. The Morgan fingerprint density at radius 2 is 1.47 bits per heavy atom. The molecule has 4 aromatic carbocycles. The fourth-order valence-corrected chi connectivity index (χ4v) is 6.37. The lowest BCUT2D eigenvalue weighted by Gasteiger charge is -2.28. The van der Waals surface area contributed by atoms with Gasteiger partial charge in [0.15, 0.2) is 17.6 Å². The second-order valence-corrected chi connectivity index (χ2v) is 12.6. The zero-order chi connectivity index (χ0) is 35.9. The van der Waals surface area contributed by atoms with Gasteiger partial charge >= 0.3 is 0 Å². The first kappa shape index (κ1) is 36.0. The number of hydrogen-bond acceptors (Lipinski definition) is 11. The molecule has 6 N–H and O–H groups in total. The maximum atomic E-state index is 12.7. The number of carbonyl (C=O) groups excluding carboxylic acids is 1. The van der Waals surface area contributed by atoms with Crippen LogP contribution in [0.5, 0.6) is 17.2 Å². The number of ether oxygens (including phenoxy) is 3. The molecule has 0 radical (unpaired) electrons. The molecule has 0 aliphatic carbocycles. The van der Waals surface area contributed by atoms with E-state index in [4.69, 9.17) is 30.6 Å². The Hall–Kier alpha value is -4.85. The number of benzene rings is 4. The highest BCUT2D eigenvalue weighted by Crippen LogP contribution is 2.36. The fraction of sp³-hybridized carbons (Fsp3) is 0.316. The molecule has 2 aliphatic rings. The standard InChI is InChI=1S/C38H40ClN3O9/c1-48-34-9-4-22(32-17-35(51-42-32)24-13-25(18-43)30(21-46)26(14-24)19-44)15-36(34)50-11-3-2-10-49-33-8-5-23(12-27(33)20-45)37-40-31-7-6-28(39)16-29(31)38(47)41-37/h4-9,12-16,35,37,40,43-46H,2-3,10-11,17-21H2,1H3,(H,41,47). The quantitative estimate of drug-likeness (QED) is 0.0890. The highest BCUT2D eigenvalue weighted by Gasteiger charge is 2.27. The van der Waals surface area contributed by atoms with Crippen LogP contribution < -0.4 is 24.8 Å². The average Bonchev–Trinajstić information content (AvgIpc) is 3.66. The SMILES string of the molecule is COc1ccc(C2=NOC(c3cc(CO)c(CO)c(CO)c3)C2)cc1OCCCCOc1ccc(C2NC(=O)c3cc(Cl)ccc3N2)cc1CO. The van der Waals surface area contributed by atoms with Crippen molar-refractivity contribution in [2.75, 3.05) is 25.6 Å². The van der Waals surface area contributed by atoms with Gasteiger partial charge < -0.3 is 50.1 Å². The molecular formula is C38H40ClN3O9. The summed E-state index contributed by atoms with van der Waals surface area (Å²) in [6, 6.07) is 19.7. The second-order valence-electron chi connectivity index (χ2n) is 12.2. The number of carbonyl (C=O) groups is 1. The number of unbranched alkanes of at least 4 members (excludes halogenated alkanes) is 1. The molecule has 0 bridgehead atoms. The number of rotatable bonds is 15. The minimum absolute atomic E-state index is 0.226. The first-order chi connectivity index (χ1) is 24.8. The van der Waals surface area contributed by atoms with Crippen LogP contribution in [0.25, 0.3) is 0 Å². The normalized spacial score (nSPS) is 16.4. The topological polar surface area (TPSA) is 171 Å². The number of anilines is 1. The first-order valence-corrected chi connectivity index (χ1v) is 17.0. The zero-order valence-corrected chi connectivity index (χ0v) is 28.8. The predicted molar refractivity (Wildman–Crippen MR) is 190 cm³/mol. The van der Waals surface area contributed by atoms with Gasteiger partial charge in [0.25, 0.3) is 5.91 Å². The number of fused-ring (bicyclic) bond motifs is 1. The van der Waals surface area contributed by atoms with Gasteiger partial charge in [0, 0.05) is 28.3 Å². The van der Waals surface area contributed by atoms with E-state index in [1.54, 1.807) is 43.5 Å². The molecule has 2 atom stereocenters. The van der Waals surface area contributed by atoms with Gasteiger partial charge in [-0.1, -0.05) is 22.8 Å². The molecule has 0 fully saturated rings. The molecule has 0 saturated heterocycles. The van der Waals surface area contributed by atoms with Crippen LogP contribution in [0.3, 0.4) is 0 Å². The maximum absolute atomic E-state index is 12.7. The van der Waals surface area contributed by atoms with E-state index in [2.05, 4.69) is 15.8 Å². The summed E-state index contributed by atoms with van der Waals surface area (Å²) in [7, 11) is 1.58. The lowest BCUT2D eigenvalue weighted by Crippen LogP contribution is -2.38. The molecule has 6 rings (SSSR count). The average molecular weight is 718 g/mol. The number of amides is 1. The molecular weight excluding hydrogens is 678 g/mol. The summed E-state index contributed by atoms with van der Waals surface area (Å²) in [6.07, 6.45) is 0.954. The fourth-order valence-electron chi connectivity index (χ4n) is 6.20. The number of hydrogen-bond donors (Lipinski definition) is 6. The number of aliphatic hydroxyl groups excluding tert-OH is 4. The molecule has 13 heteroatoms. The summed E-state index contributed by atoms with van der Waals surface area (Å²) < 4.78 is 17.6. The van der Waals surface area contributed by atoms with Gasteiger partial charge in [0.2, 0.25) is 0 Å². The smallest absolute Gasteiger partial charge is 0.255 e. The first-order valence-electron chi connectivity index (χ1n) is 16.6. The van der Waals surface area contributed by atoms with Crippen molar-refractivity contribution in [1.82, 2.24) is 5.32 Å². The van der Waals surface area contributed by atoms with Crippen molar-refractivity contribution in [2.24, 2.45) is 5.16 Å². The highest BCUT2D eigenvalue weighted by atomic mass is 35.5. The van der Waals surface area contributed by atoms with Crippen molar-refractivity contribution in [3.8, 4) is 17.2 Å². The summed E-state index contributed by atoms with van der Waals surface area (Å²) in [5, 5.41) is 50.4. The molecule has 12 nitrogen and oxygen atoms in total. The van der Waals surface area contributed by atoms with Gasteiger partial charge in [0.05, 0.1) is 58.0 Å². The van der Waals surface area contributed by atoms with E-state index in [1.165, 1.54) is 0 Å². The summed E-state index contributed by atoms with van der Waals surface area (Å²) in [5.41, 5.74) is 6.40. The summed E-state index contributed by atoms with van der Waals surface area (Å²) in [4.78, 5) is 18.4. The van der Waals surface area contributed by atoms with Crippen molar-refractivity contribution >= 4 is 28.9 Å². The molecule has 51 heavy (non-hydrogen) atoms. The van der Waals surface area contributed by atoms with Gasteiger partial charge in [-0.2, -0.15) is 0 Å². The Morgan fingerprint density at radius 1 is 0.784 bits per heavy atom. The Labute approximate surface area is 300 Å². The monoisotopic (exact) mass is 717 g/mol. The van der Waals surface area contributed by atoms with Crippen LogP contribution in [0.15, 0.2) is 71.9 Å². The van der Waals surface area contributed by atoms with E-state index in [0.717, 1.165) is 16.7 Å². The van der Waals surface area contributed by atoms with Crippen molar-refractivity contribution in [1.29, 1.82) is 0 Å². The van der Waals surface area contributed by atoms with Crippen LogP contribution in [0, 0.1) is 0 Å². The van der Waals surface area contributed by atoms with Crippen LogP contribution in [0.4, 0.5) is 5.69 Å². The second kappa shape index (κ2) is 16.4. The number of methoxy groups -OCH3 is 1. The molecule has 2 aliphatic heterocycles. The predicted octanol–water partition coefficient (Wildman–Crippen LogP) is 5.28. The Balaban J connectivity index is 1.01. The van der Waals surface area contributed by atoms with E-state index in [-0.39, 0.29) is 32.3 Å². The number of nitrogens with zero attached hydrogens (tertiary/aromatic N) is 1. The van der Waals surface area contributed by atoms with E-state index in [9.17, 15) is 25.2 Å². The van der Waals surface area contributed by atoms with Crippen molar-refractivity contribution in [2.45, 2.75) is 58.0 Å². The summed E-state index contributed by atoms with van der Waals surface area (Å²) >= 11 is 6.05. The van der Waals surface area contributed by atoms with Gasteiger partial charge in [-0.25, -0.2) is 0 Å². The molecule has 2 unspecified atom stereocenters. The Morgan fingerprint density at radius 3 is 2.16 bits per heavy atom. The Kier molecular flexibility index (Phi) is 11.6. The molecule has 0 aromatic heterocycles. The minimum atomic E-state index is -0.474. The van der Waals surface area contributed by atoms with Crippen LogP contribution in [-0.4, -0.2) is 52.4 Å². The largest absolute Gasteiger partial charge is 0.493 e. The third-order valence-corrected chi connectivity index (χ3v) is 9.17. The van der Waals surface area contributed by atoms with Gasteiger partial charge in [-0.15, -0.1) is 0 Å². The maximum Gasteiger partial charge on any atom is 0.255 e. The van der Waals surface area contributed by atoms with Crippen LogP contribution >= 0.6 is 11.6 Å². The van der Waals surface area contributed by atoms with Gasteiger partial charge in [-0.05, 0) is 101 Å². The van der Waals surface area contributed by atoms with E-state index < -0.39 is 12.3 Å². The Bertz CT molecular complexity index is 1890. The molecule has 0 saturated carbocycles. The molecule has 1 amide bonds. The zero-order valence-electron chi connectivity index (χ0n) is 28.0. The van der Waals surface area contributed by atoms with E-state index in [1.807, 2.05) is 30.3 Å². The molecule has 0 spiro atoms. The molecule has 2 heterocycles. The summed E-state index contributed by atoms with van der Waals surface area (Å²) in [6.45, 7) is -0.237. The molecule has 268 valence electrons. The number of aliphatic hydroxyl groups is 4. The third kappa shape index (κ3) is 8.06. The molecule has 4 aromatic rings. The van der Waals surface area contributed by atoms with Crippen molar-refractivity contribution < 1.29 is 44.3 Å². The number of halogens is 1.